The van der Waals surface area contributed by atoms with Crippen LogP contribution in [0, 0.1) is 24.7 Å². The fourth-order valence-electron chi connectivity index (χ4n) is 5.92. The number of pyridine rings is 1. The highest BCUT2D eigenvalue weighted by atomic mass is 79.9. The van der Waals surface area contributed by atoms with Crippen molar-refractivity contribution in [2.24, 2.45) is 17.8 Å². The lowest BCUT2D eigenvalue weighted by atomic mass is 9.76. The van der Waals surface area contributed by atoms with Crippen molar-refractivity contribution >= 4 is 67.4 Å². The van der Waals surface area contributed by atoms with Crippen LogP contribution in [0.2, 0.25) is 0 Å². The third-order valence-electron chi connectivity index (χ3n) is 8.03. The van der Waals surface area contributed by atoms with E-state index in [-0.39, 0.29) is 36.0 Å². The van der Waals surface area contributed by atoms with Crippen LogP contribution in [0.25, 0.3) is 22.2 Å². The largest absolute Gasteiger partial charge is 0.454 e. The summed E-state index contributed by atoms with van der Waals surface area (Å²) in [4.78, 5) is 58.8. The average Bonchev–Trinajstić information content (AvgIpc) is 3.58. The minimum Gasteiger partial charge on any atom is -0.454 e. The number of esters is 1. The molecule has 41 heavy (non-hydrogen) atoms. The molecule has 9 heteroatoms. The SMILES string of the molecule is Cc1cc(Br)cc2c(C(=O)OCC(=O)c3cccs3)cc(-c3ccc(N4C(=O)C5CCC(C)CC5C4=O)cc3)nc12. The summed E-state index contributed by atoms with van der Waals surface area (Å²) in [5.74, 6) is -1.16. The number of carbonyl (C=O) groups excluding carboxylic acids is 4. The number of imide groups is 1. The lowest BCUT2D eigenvalue weighted by molar-refractivity contribution is -0.122. The highest BCUT2D eigenvalue weighted by molar-refractivity contribution is 9.10. The Morgan fingerprint density at radius 1 is 1.05 bits per heavy atom. The molecule has 3 unspecified atom stereocenters. The van der Waals surface area contributed by atoms with Gasteiger partial charge in [-0.3, -0.25) is 19.3 Å². The number of thiophene rings is 1. The fourth-order valence-corrected chi connectivity index (χ4v) is 7.14. The molecule has 1 aliphatic carbocycles. The average molecular weight is 632 g/mol. The first kappa shape index (κ1) is 27.5. The minimum absolute atomic E-state index is 0.119. The normalized spacial score (nSPS) is 20.4. The summed E-state index contributed by atoms with van der Waals surface area (Å²) >= 11 is 4.80. The molecule has 2 amide bonds. The van der Waals surface area contributed by atoms with Gasteiger partial charge in [0.15, 0.2) is 6.61 Å². The van der Waals surface area contributed by atoms with Crippen LogP contribution in [0.5, 0.6) is 0 Å². The van der Waals surface area contributed by atoms with Crippen LogP contribution >= 0.6 is 27.3 Å². The van der Waals surface area contributed by atoms with Gasteiger partial charge < -0.3 is 4.74 Å². The second-order valence-electron chi connectivity index (χ2n) is 10.8. The maximum absolute atomic E-state index is 13.3. The summed E-state index contributed by atoms with van der Waals surface area (Å²) in [6.45, 7) is 3.68. The van der Waals surface area contributed by atoms with E-state index in [1.54, 1.807) is 47.8 Å². The Morgan fingerprint density at radius 3 is 2.54 bits per heavy atom. The molecule has 0 spiro atoms. The molecule has 0 N–H and O–H groups in total. The molecule has 3 atom stereocenters. The highest BCUT2D eigenvalue weighted by Gasteiger charge is 2.49. The number of benzene rings is 2. The first-order valence-corrected chi connectivity index (χ1v) is 15.2. The molecule has 6 rings (SSSR count). The van der Waals surface area contributed by atoms with Gasteiger partial charge in [0.05, 0.1) is 39.2 Å². The number of anilines is 1. The van der Waals surface area contributed by atoms with E-state index in [1.165, 1.54) is 16.2 Å². The standard InChI is InChI=1S/C32H27BrN2O5S/c1-17-5-10-22-24(12-17)31(38)35(30(22)37)21-8-6-19(7-9-21)26-15-25(23-14-20(33)13-18(2)29(23)34-26)32(39)40-16-27(36)28-4-3-11-41-28/h3-4,6-9,11,13-15,17,22,24H,5,10,12,16H2,1-2H3. The van der Waals surface area contributed by atoms with Crippen molar-refractivity contribution in [1.82, 2.24) is 4.98 Å². The van der Waals surface area contributed by atoms with Crippen molar-refractivity contribution in [3.05, 3.63) is 80.5 Å². The smallest absolute Gasteiger partial charge is 0.339 e. The van der Waals surface area contributed by atoms with Crippen molar-refractivity contribution in [1.29, 1.82) is 0 Å². The second-order valence-corrected chi connectivity index (χ2v) is 12.7. The predicted molar refractivity (Wildman–Crippen MR) is 161 cm³/mol. The number of halogens is 1. The van der Waals surface area contributed by atoms with Crippen molar-refractivity contribution in [3.8, 4) is 11.3 Å². The zero-order valence-electron chi connectivity index (χ0n) is 22.6. The molecule has 2 fully saturated rings. The zero-order valence-corrected chi connectivity index (χ0v) is 25.0. The van der Waals surface area contributed by atoms with E-state index in [4.69, 9.17) is 9.72 Å². The molecule has 0 bridgehead atoms. The number of amides is 2. The van der Waals surface area contributed by atoms with E-state index in [0.717, 1.165) is 29.3 Å². The Morgan fingerprint density at radius 2 is 1.80 bits per heavy atom. The maximum Gasteiger partial charge on any atom is 0.339 e. The Kier molecular flexibility index (Phi) is 7.34. The van der Waals surface area contributed by atoms with Gasteiger partial charge in [-0.25, -0.2) is 9.78 Å². The van der Waals surface area contributed by atoms with E-state index < -0.39 is 5.97 Å². The molecule has 2 aliphatic rings. The van der Waals surface area contributed by atoms with E-state index in [2.05, 4.69) is 22.9 Å². The van der Waals surface area contributed by atoms with Gasteiger partial charge in [-0.05, 0) is 79.4 Å². The monoisotopic (exact) mass is 630 g/mol. The highest BCUT2D eigenvalue weighted by Crippen LogP contribution is 2.42. The number of rotatable bonds is 6. The number of fused-ring (bicyclic) bond motifs is 2. The molecule has 2 aromatic carbocycles. The number of hydrogen-bond donors (Lipinski definition) is 0. The van der Waals surface area contributed by atoms with E-state index in [0.29, 0.717) is 44.2 Å². The van der Waals surface area contributed by atoms with Gasteiger partial charge >= 0.3 is 5.97 Å². The number of ketones is 1. The van der Waals surface area contributed by atoms with Gasteiger partial charge in [0.25, 0.3) is 0 Å². The summed E-state index contributed by atoms with van der Waals surface area (Å²) < 4.78 is 6.24. The van der Waals surface area contributed by atoms with Crippen LogP contribution < -0.4 is 4.90 Å². The summed E-state index contributed by atoms with van der Waals surface area (Å²) in [6, 6.07) is 16.0. The fraction of sp³-hybridized carbons (Fsp3) is 0.281. The molecular formula is C32H27BrN2O5S. The Hall–Kier alpha value is -3.69. The Bertz CT molecular complexity index is 1700. The van der Waals surface area contributed by atoms with E-state index >= 15 is 0 Å². The van der Waals surface area contributed by atoms with Crippen molar-refractivity contribution < 1.29 is 23.9 Å². The van der Waals surface area contributed by atoms with Crippen molar-refractivity contribution in [3.63, 3.8) is 0 Å². The number of Topliss-reactive ketones (excluding diaryl/α,β-unsaturated/α-hetero) is 1. The lowest BCUT2D eigenvalue weighted by Gasteiger charge is -2.25. The van der Waals surface area contributed by atoms with Gasteiger partial charge in [0.2, 0.25) is 17.6 Å². The molecule has 3 heterocycles. The van der Waals surface area contributed by atoms with Gasteiger partial charge in [-0.1, -0.05) is 41.1 Å². The topological polar surface area (TPSA) is 93.6 Å². The van der Waals surface area contributed by atoms with E-state index in [9.17, 15) is 19.2 Å². The number of carbonyl (C=O) groups is 4. The molecule has 1 saturated heterocycles. The third kappa shape index (κ3) is 5.13. The number of hydrogen-bond acceptors (Lipinski definition) is 7. The molecule has 4 aromatic rings. The summed E-state index contributed by atoms with van der Waals surface area (Å²) in [7, 11) is 0. The Balaban J connectivity index is 1.32. The molecular weight excluding hydrogens is 604 g/mol. The molecule has 208 valence electrons. The summed E-state index contributed by atoms with van der Waals surface area (Å²) in [5.41, 5.74) is 3.58. The van der Waals surface area contributed by atoms with Gasteiger partial charge in [0.1, 0.15) is 0 Å². The summed E-state index contributed by atoms with van der Waals surface area (Å²) in [5, 5.41) is 2.41. The quantitative estimate of drug-likeness (QED) is 0.129. The molecule has 1 aliphatic heterocycles. The molecule has 2 aromatic heterocycles. The lowest BCUT2D eigenvalue weighted by Crippen LogP contribution is -2.30. The summed E-state index contributed by atoms with van der Waals surface area (Å²) in [6.07, 6.45) is 2.46. The third-order valence-corrected chi connectivity index (χ3v) is 9.40. The van der Waals surface area contributed by atoms with Gasteiger partial charge in [-0.2, -0.15) is 0 Å². The van der Waals surface area contributed by atoms with Crippen LogP contribution in [-0.2, 0) is 14.3 Å². The number of nitrogens with zero attached hydrogens (tertiary/aromatic N) is 2. The molecule has 7 nitrogen and oxygen atoms in total. The van der Waals surface area contributed by atoms with Crippen molar-refractivity contribution in [2.45, 2.75) is 33.1 Å². The molecule has 0 radical (unpaired) electrons. The molecule has 1 saturated carbocycles. The first-order chi connectivity index (χ1) is 19.7. The van der Waals surface area contributed by atoms with Crippen LogP contribution in [0.3, 0.4) is 0 Å². The number of aromatic nitrogens is 1. The predicted octanol–water partition coefficient (Wildman–Crippen LogP) is 7.00. The van der Waals surface area contributed by atoms with Crippen LogP contribution in [0.4, 0.5) is 5.69 Å². The maximum atomic E-state index is 13.3. The van der Waals surface area contributed by atoms with E-state index in [1.807, 2.05) is 19.1 Å². The second kappa shape index (κ2) is 10.9. The van der Waals surface area contributed by atoms with Gasteiger partial charge in [-0.15, -0.1) is 11.3 Å². The first-order valence-electron chi connectivity index (χ1n) is 13.5. The van der Waals surface area contributed by atoms with Crippen LogP contribution in [-0.4, -0.2) is 35.2 Å². The number of ether oxygens (including phenoxy) is 1. The van der Waals surface area contributed by atoms with Crippen LogP contribution in [0.1, 0.15) is 51.8 Å². The zero-order chi connectivity index (χ0) is 28.8. The van der Waals surface area contributed by atoms with Crippen LogP contribution in [0.15, 0.2) is 64.5 Å². The van der Waals surface area contributed by atoms with Gasteiger partial charge in [0, 0.05) is 15.4 Å². The van der Waals surface area contributed by atoms with Crippen molar-refractivity contribution in [2.75, 3.05) is 11.5 Å². The minimum atomic E-state index is -0.622. The Labute approximate surface area is 249 Å². The number of aryl methyl sites for hydroxylation is 1.